The Labute approximate surface area is 135 Å². The second-order valence-electron chi connectivity index (χ2n) is 4.87. The Bertz CT molecular complexity index is 687. The molecule has 0 aliphatic carbocycles. The number of nitrogens with one attached hydrogen (secondary N) is 2. The quantitative estimate of drug-likeness (QED) is 0.706. The standard InChI is InChI=1S/C14H17BrN4OS/c1-8(2)17-7-9-3-4-10(15)5-11(9)21-14-18-12(16)6-13(20)19-14/h3-6,8,17H,7H2,1-2H3,(H3,16,18,19,20). The summed E-state index contributed by atoms with van der Waals surface area (Å²) in [5.74, 6) is 0.220. The Hall–Kier alpha value is -1.31. The molecule has 0 spiro atoms. The van der Waals surface area contributed by atoms with Gasteiger partial charge in [-0.3, -0.25) is 4.79 Å². The monoisotopic (exact) mass is 368 g/mol. The average Bonchev–Trinajstić information content (AvgIpc) is 2.36. The second kappa shape index (κ2) is 7.11. The third-order valence-corrected chi connectivity index (χ3v) is 4.16. The van der Waals surface area contributed by atoms with Crippen LogP contribution in [0.3, 0.4) is 0 Å². The molecule has 7 heteroatoms. The minimum atomic E-state index is -0.248. The van der Waals surface area contributed by atoms with Crippen LogP contribution >= 0.6 is 27.7 Å². The fourth-order valence-electron chi connectivity index (χ4n) is 1.69. The number of hydrogen-bond acceptors (Lipinski definition) is 5. The number of nitrogen functional groups attached to an aromatic ring is 1. The van der Waals surface area contributed by atoms with Crippen LogP contribution in [-0.4, -0.2) is 16.0 Å². The molecule has 0 saturated carbocycles. The van der Waals surface area contributed by atoms with Crippen molar-refractivity contribution in [3.05, 3.63) is 44.7 Å². The van der Waals surface area contributed by atoms with E-state index in [1.165, 1.54) is 17.8 Å². The molecule has 0 bridgehead atoms. The summed E-state index contributed by atoms with van der Waals surface area (Å²) >= 11 is 4.86. The summed E-state index contributed by atoms with van der Waals surface area (Å²) < 4.78 is 0.976. The zero-order chi connectivity index (χ0) is 15.4. The Balaban J connectivity index is 2.29. The molecular formula is C14H17BrN4OS. The van der Waals surface area contributed by atoms with Crippen LogP contribution in [0.2, 0.25) is 0 Å². The highest BCUT2D eigenvalue weighted by Gasteiger charge is 2.08. The van der Waals surface area contributed by atoms with Gasteiger partial charge in [-0.1, -0.05) is 47.6 Å². The van der Waals surface area contributed by atoms with Crippen molar-refractivity contribution < 1.29 is 0 Å². The molecule has 1 aromatic heterocycles. The Kier molecular flexibility index (Phi) is 5.44. The molecule has 1 heterocycles. The van der Waals surface area contributed by atoms with Crippen molar-refractivity contribution in [2.75, 3.05) is 5.73 Å². The Morgan fingerprint density at radius 2 is 2.19 bits per heavy atom. The van der Waals surface area contributed by atoms with Crippen LogP contribution in [0, 0.1) is 0 Å². The first-order valence-electron chi connectivity index (χ1n) is 6.50. The fourth-order valence-corrected chi connectivity index (χ4v) is 3.17. The number of halogens is 1. The van der Waals surface area contributed by atoms with Crippen LogP contribution in [0.4, 0.5) is 5.82 Å². The summed E-state index contributed by atoms with van der Waals surface area (Å²) in [6, 6.07) is 7.72. The van der Waals surface area contributed by atoms with Gasteiger partial charge in [-0.2, -0.15) is 0 Å². The van der Waals surface area contributed by atoms with Crippen molar-refractivity contribution in [3.8, 4) is 0 Å². The van der Waals surface area contributed by atoms with Gasteiger partial charge in [0.2, 0.25) is 0 Å². The van der Waals surface area contributed by atoms with E-state index in [1.807, 2.05) is 18.2 Å². The highest BCUT2D eigenvalue weighted by molar-refractivity contribution is 9.10. The van der Waals surface area contributed by atoms with E-state index < -0.39 is 0 Å². The number of nitrogens with two attached hydrogens (primary N) is 1. The number of anilines is 1. The Morgan fingerprint density at radius 3 is 2.86 bits per heavy atom. The lowest BCUT2D eigenvalue weighted by atomic mass is 10.2. The van der Waals surface area contributed by atoms with Crippen molar-refractivity contribution in [2.45, 2.75) is 36.5 Å². The van der Waals surface area contributed by atoms with Gasteiger partial charge in [0.25, 0.3) is 5.56 Å². The van der Waals surface area contributed by atoms with Crippen molar-refractivity contribution >= 4 is 33.5 Å². The first-order valence-corrected chi connectivity index (χ1v) is 8.11. The number of rotatable bonds is 5. The molecule has 0 fully saturated rings. The SMILES string of the molecule is CC(C)NCc1ccc(Br)cc1Sc1nc(N)cc(=O)[nH]1. The van der Waals surface area contributed by atoms with Gasteiger partial charge in [-0.25, -0.2) is 4.98 Å². The predicted octanol–water partition coefficient (Wildman–Crippen LogP) is 2.76. The number of hydrogen-bond donors (Lipinski definition) is 3. The number of aromatic nitrogens is 2. The molecule has 0 amide bonds. The Morgan fingerprint density at radius 1 is 1.43 bits per heavy atom. The summed E-state index contributed by atoms with van der Waals surface area (Å²) in [7, 11) is 0. The van der Waals surface area contributed by atoms with Crippen LogP contribution in [0.1, 0.15) is 19.4 Å². The van der Waals surface area contributed by atoms with Gasteiger partial charge in [0, 0.05) is 28.0 Å². The number of aromatic amines is 1. The topological polar surface area (TPSA) is 83.8 Å². The maximum absolute atomic E-state index is 11.5. The minimum Gasteiger partial charge on any atom is -0.383 e. The highest BCUT2D eigenvalue weighted by Crippen LogP contribution is 2.30. The lowest BCUT2D eigenvalue weighted by Crippen LogP contribution is -2.22. The van der Waals surface area contributed by atoms with E-state index >= 15 is 0 Å². The van der Waals surface area contributed by atoms with Gasteiger partial charge in [0.15, 0.2) is 5.16 Å². The van der Waals surface area contributed by atoms with Gasteiger partial charge in [0.05, 0.1) is 0 Å². The molecule has 112 valence electrons. The maximum Gasteiger partial charge on any atom is 0.253 e. The van der Waals surface area contributed by atoms with Gasteiger partial charge < -0.3 is 16.0 Å². The van der Waals surface area contributed by atoms with E-state index in [2.05, 4.69) is 45.1 Å². The number of H-pyrrole nitrogens is 1. The lowest BCUT2D eigenvalue weighted by Gasteiger charge is -2.12. The van der Waals surface area contributed by atoms with Crippen molar-refractivity contribution in [1.82, 2.24) is 15.3 Å². The lowest BCUT2D eigenvalue weighted by molar-refractivity contribution is 0.584. The predicted molar refractivity (Wildman–Crippen MR) is 89.5 cm³/mol. The van der Waals surface area contributed by atoms with E-state index in [1.54, 1.807) is 0 Å². The molecule has 2 rings (SSSR count). The molecular weight excluding hydrogens is 352 g/mol. The van der Waals surface area contributed by atoms with Crippen LogP contribution in [0.15, 0.2) is 43.6 Å². The van der Waals surface area contributed by atoms with Crippen molar-refractivity contribution in [2.24, 2.45) is 0 Å². The van der Waals surface area contributed by atoms with E-state index in [0.29, 0.717) is 11.2 Å². The van der Waals surface area contributed by atoms with Crippen LogP contribution < -0.4 is 16.6 Å². The molecule has 0 radical (unpaired) electrons. The normalized spacial score (nSPS) is 11.0. The summed E-state index contributed by atoms with van der Waals surface area (Å²) in [6.45, 7) is 4.95. The minimum absolute atomic E-state index is 0.220. The van der Waals surface area contributed by atoms with Gasteiger partial charge in [-0.05, 0) is 17.7 Å². The average molecular weight is 369 g/mol. The molecule has 0 aliphatic heterocycles. The zero-order valence-electron chi connectivity index (χ0n) is 11.8. The van der Waals surface area contributed by atoms with Gasteiger partial charge >= 0.3 is 0 Å². The molecule has 5 nitrogen and oxygen atoms in total. The zero-order valence-corrected chi connectivity index (χ0v) is 14.2. The molecule has 4 N–H and O–H groups in total. The van der Waals surface area contributed by atoms with Crippen molar-refractivity contribution in [1.29, 1.82) is 0 Å². The first kappa shape index (κ1) is 16.1. The summed E-state index contributed by atoms with van der Waals surface area (Å²) in [4.78, 5) is 19.3. The maximum atomic E-state index is 11.5. The molecule has 0 aliphatic rings. The van der Waals surface area contributed by atoms with Crippen LogP contribution in [0.5, 0.6) is 0 Å². The molecule has 2 aromatic rings. The van der Waals surface area contributed by atoms with Crippen LogP contribution in [0.25, 0.3) is 0 Å². The van der Waals surface area contributed by atoms with Crippen molar-refractivity contribution in [3.63, 3.8) is 0 Å². The van der Waals surface area contributed by atoms with Gasteiger partial charge in [0.1, 0.15) is 5.82 Å². The molecule has 0 unspecified atom stereocenters. The van der Waals surface area contributed by atoms with E-state index in [4.69, 9.17) is 5.73 Å². The summed E-state index contributed by atoms with van der Waals surface area (Å²) in [5.41, 5.74) is 6.51. The highest BCUT2D eigenvalue weighted by atomic mass is 79.9. The van der Waals surface area contributed by atoms with Crippen LogP contribution in [-0.2, 0) is 6.54 Å². The third kappa shape index (κ3) is 4.87. The first-order chi connectivity index (χ1) is 9.94. The smallest absolute Gasteiger partial charge is 0.253 e. The van der Waals surface area contributed by atoms with E-state index in [9.17, 15) is 4.79 Å². The molecule has 21 heavy (non-hydrogen) atoms. The second-order valence-corrected chi connectivity index (χ2v) is 6.81. The molecule has 0 saturated heterocycles. The molecule has 0 atom stereocenters. The molecule has 1 aromatic carbocycles. The fraction of sp³-hybridized carbons (Fsp3) is 0.286. The largest absolute Gasteiger partial charge is 0.383 e. The van der Waals surface area contributed by atoms with E-state index in [0.717, 1.165) is 21.5 Å². The third-order valence-electron chi connectivity index (χ3n) is 2.68. The summed E-state index contributed by atoms with van der Waals surface area (Å²) in [5, 5.41) is 3.87. The van der Waals surface area contributed by atoms with Gasteiger partial charge in [-0.15, -0.1) is 0 Å². The summed E-state index contributed by atoms with van der Waals surface area (Å²) in [6.07, 6.45) is 0. The van der Waals surface area contributed by atoms with E-state index in [-0.39, 0.29) is 11.4 Å². The number of benzene rings is 1. The number of nitrogens with zero attached hydrogens (tertiary/aromatic N) is 1.